The topological polar surface area (TPSA) is 109 Å². The Morgan fingerprint density at radius 1 is 1.00 bits per heavy atom. The van der Waals surface area contributed by atoms with Gasteiger partial charge in [-0.3, -0.25) is 4.79 Å². The maximum absolute atomic E-state index is 12.6. The molecule has 2 rings (SSSR count). The summed E-state index contributed by atoms with van der Waals surface area (Å²) < 4.78 is 4.87. The zero-order valence-corrected chi connectivity index (χ0v) is 18.0. The van der Waals surface area contributed by atoms with Crippen molar-refractivity contribution in [3.8, 4) is 0 Å². The molecule has 0 aliphatic heterocycles. The SMILES string of the molecule is CN(C)c1ccc(N=Nc2ccc(C(=O)NC(COC(N)=O)C(C)(C)C)cc2)cc1. The van der Waals surface area contributed by atoms with E-state index in [1.165, 1.54) is 0 Å². The lowest BCUT2D eigenvalue weighted by molar-refractivity contribution is 0.0804. The van der Waals surface area contributed by atoms with Crippen LogP contribution in [0.5, 0.6) is 0 Å². The fourth-order valence-corrected chi connectivity index (χ4v) is 2.53. The van der Waals surface area contributed by atoms with E-state index in [1.54, 1.807) is 24.3 Å². The summed E-state index contributed by atoms with van der Waals surface area (Å²) in [6.07, 6.45) is -0.871. The standard InChI is InChI=1S/C22H29N5O3/c1-22(2,3)19(14-30-21(23)29)24-20(28)15-6-8-16(9-7-15)25-26-17-10-12-18(13-11-17)27(4)5/h6-13,19H,14H2,1-5H3,(H2,23,29)(H,24,28). The van der Waals surface area contributed by atoms with Gasteiger partial charge in [-0.2, -0.15) is 10.2 Å². The van der Waals surface area contributed by atoms with E-state index in [0.29, 0.717) is 11.3 Å². The van der Waals surface area contributed by atoms with Crippen LogP contribution in [0.25, 0.3) is 0 Å². The molecule has 0 aliphatic carbocycles. The van der Waals surface area contributed by atoms with Crippen molar-refractivity contribution in [2.24, 2.45) is 21.4 Å². The minimum atomic E-state index is -0.871. The molecule has 2 aromatic rings. The van der Waals surface area contributed by atoms with Gasteiger partial charge in [0.15, 0.2) is 0 Å². The highest BCUT2D eigenvalue weighted by Gasteiger charge is 2.27. The first-order chi connectivity index (χ1) is 14.1. The number of ether oxygens (including phenoxy) is 1. The van der Waals surface area contributed by atoms with Gasteiger partial charge in [-0.1, -0.05) is 20.8 Å². The van der Waals surface area contributed by atoms with Crippen molar-refractivity contribution >= 4 is 29.1 Å². The van der Waals surface area contributed by atoms with Gasteiger partial charge in [0, 0.05) is 25.3 Å². The Balaban J connectivity index is 2.03. The molecule has 0 bridgehead atoms. The molecule has 0 saturated heterocycles. The third kappa shape index (κ3) is 6.88. The molecule has 1 unspecified atom stereocenters. The maximum atomic E-state index is 12.6. The van der Waals surface area contributed by atoms with E-state index < -0.39 is 6.09 Å². The number of nitrogens with two attached hydrogens (primary N) is 1. The van der Waals surface area contributed by atoms with Gasteiger partial charge < -0.3 is 20.7 Å². The zero-order valence-electron chi connectivity index (χ0n) is 18.0. The Morgan fingerprint density at radius 3 is 1.93 bits per heavy atom. The highest BCUT2D eigenvalue weighted by atomic mass is 16.5. The molecule has 2 aromatic carbocycles. The number of hydrogen-bond donors (Lipinski definition) is 2. The van der Waals surface area contributed by atoms with E-state index >= 15 is 0 Å². The van der Waals surface area contributed by atoms with Gasteiger partial charge in [0.25, 0.3) is 5.91 Å². The molecule has 0 aromatic heterocycles. The van der Waals surface area contributed by atoms with E-state index in [9.17, 15) is 9.59 Å². The molecule has 160 valence electrons. The number of anilines is 1. The second-order valence-corrected chi connectivity index (χ2v) is 8.18. The first kappa shape index (κ1) is 22.9. The second kappa shape index (κ2) is 9.87. The second-order valence-electron chi connectivity index (χ2n) is 8.18. The smallest absolute Gasteiger partial charge is 0.404 e. The largest absolute Gasteiger partial charge is 0.448 e. The number of primary amides is 1. The number of benzene rings is 2. The molecule has 2 amide bonds. The fourth-order valence-electron chi connectivity index (χ4n) is 2.53. The summed E-state index contributed by atoms with van der Waals surface area (Å²) in [6.45, 7) is 5.83. The molecule has 30 heavy (non-hydrogen) atoms. The predicted octanol–water partition coefficient (Wildman–Crippen LogP) is 4.41. The normalized spacial score (nSPS) is 12.4. The molecule has 8 nitrogen and oxygen atoms in total. The summed E-state index contributed by atoms with van der Waals surface area (Å²) in [5.41, 5.74) is 7.65. The summed E-state index contributed by atoms with van der Waals surface area (Å²) in [5, 5.41) is 11.3. The number of azo groups is 1. The van der Waals surface area contributed by atoms with E-state index in [1.807, 2.05) is 64.0 Å². The molecule has 0 saturated carbocycles. The van der Waals surface area contributed by atoms with E-state index in [0.717, 1.165) is 11.4 Å². The number of carbonyl (C=O) groups excluding carboxylic acids is 2. The predicted molar refractivity (Wildman–Crippen MR) is 118 cm³/mol. The molecule has 0 heterocycles. The van der Waals surface area contributed by atoms with Crippen LogP contribution in [0.2, 0.25) is 0 Å². The quantitative estimate of drug-likeness (QED) is 0.658. The lowest BCUT2D eigenvalue weighted by atomic mass is 9.87. The van der Waals surface area contributed by atoms with Crippen LogP contribution in [-0.2, 0) is 4.74 Å². The van der Waals surface area contributed by atoms with Crippen molar-refractivity contribution in [2.45, 2.75) is 26.8 Å². The van der Waals surface area contributed by atoms with Crippen molar-refractivity contribution in [1.29, 1.82) is 0 Å². The third-order valence-corrected chi connectivity index (χ3v) is 4.52. The molecule has 0 aliphatic rings. The van der Waals surface area contributed by atoms with Crippen LogP contribution in [0.1, 0.15) is 31.1 Å². The number of rotatable bonds is 7. The molecule has 0 fully saturated rings. The van der Waals surface area contributed by atoms with Crippen molar-refractivity contribution in [3.63, 3.8) is 0 Å². The Labute approximate surface area is 177 Å². The lowest BCUT2D eigenvalue weighted by Crippen LogP contribution is -2.47. The number of nitrogens with one attached hydrogen (secondary N) is 1. The average molecular weight is 412 g/mol. The summed E-state index contributed by atoms with van der Waals surface area (Å²) in [6, 6.07) is 14.1. The Kier molecular flexibility index (Phi) is 7.52. The van der Waals surface area contributed by atoms with Crippen molar-refractivity contribution in [3.05, 3.63) is 54.1 Å². The lowest BCUT2D eigenvalue weighted by Gasteiger charge is -2.30. The van der Waals surface area contributed by atoms with Crippen LogP contribution in [0.15, 0.2) is 58.8 Å². The van der Waals surface area contributed by atoms with Crippen LogP contribution in [0.4, 0.5) is 21.9 Å². The van der Waals surface area contributed by atoms with E-state index in [-0.39, 0.29) is 24.0 Å². The molecular weight excluding hydrogens is 382 g/mol. The maximum Gasteiger partial charge on any atom is 0.404 e. The number of hydrogen-bond acceptors (Lipinski definition) is 6. The number of carbonyl (C=O) groups is 2. The van der Waals surface area contributed by atoms with Gasteiger partial charge in [0.05, 0.1) is 17.4 Å². The fraction of sp³-hybridized carbons (Fsp3) is 0.364. The summed E-state index contributed by atoms with van der Waals surface area (Å²) in [5.74, 6) is -0.272. The van der Waals surface area contributed by atoms with Crippen molar-refractivity contribution in [2.75, 3.05) is 25.6 Å². The first-order valence-electron chi connectivity index (χ1n) is 9.58. The monoisotopic (exact) mass is 411 g/mol. The highest BCUT2D eigenvalue weighted by Crippen LogP contribution is 2.23. The van der Waals surface area contributed by atoms with Gasteiger partial charge in [-0.05, 0) is 53.9 Å². The Morgan fingerprint density at radius 2 is 1.50 bits per heavy atom. The van der Waals surface area contributed by atoms with Crippen LogP contribution < -0.4 is 16.0 Å². The summed E-state index contributed by atoms with van der Waals surface area (Å²) in [4.78, 5) is 25.5. The molecule has 0 spiro atoms. The van der Waals surface area contributed by atoms with Crippen LogP contribution in [-0.4, -0.2) is 38.7 Å². The van der Waals surface area contributed by atoms with E-state index in [2.05, 4.69) is 15.5 Å². The molecule has 0 radical (unpaired) electrons. The van der Waals surface area contributed by atoms with Crippen LogP contribution in [0.3, 0.4) is 0 Å². The summed E-state index contributed by atoms with van der Waals surface area (Å²) >= 11 is 0. The number of amides is 2. The van der Waals surface area contributed by atoms with Crippen molar-refractivity contribution < 1.29 is 14.3 Å². The Hall–Kier alpha value is -3.42. The van der Waals surface area contributed by atoms with Gasteiger partial charge in [0.2, 0.25) is 0 Å². The average Bonchev–Trinajstić information content (AvgIpc) is 2.69. The number of nitrogens with zero attached hydrogens (tertiary/aromatic N) is 3. The first-order valence-corrected chi connectivity index (χ1v) is 9.58. The molecular formula is C22H29N5O3. The molecule has 3 N–H and O–H groups in total. The zero-order chi connectivity index (χ0) is 22.3. The van der Waals surface area contributed by atoms with Gasteiger partial charge >= 0.3 is 6.09 Å². The molecule has 1 atom stereocenters. The molecule has 8 heteroatoms. The van der Waals surface area contributed by atoms with Crippen LogP contribution >= 0.6 is 0 Å². The highest BCUT2D eigenvalue weighted by molar-refractivity contribution is 5.94. The third-order valence-electron chi connectivity index (χ3n) is 4.52. The summed E-state index contributed by atoms with van der Waals surface area (Å²) in [7, 11) is 3.95. The van der Waals surface area contributed by atoms with E-state index in [4.69, 9.17) is 10.5 Å². The van der Waals surface area contributed by atoms with Gasteiger partial charge in [-0.25, -0.2) is 4.79 Å². The van der Waals surface area contributed by atoms with Crippen molar-refractivity contribution in [1.82, 2.24) is 5.32 Å². The minimum absolute atomic E-state index is 0.00346. The minimum Gasteiger partial charge on any atom is -0.448 e. The van der Waals surface area contributed by atoms with Crippen LogP contribution in [0, 0.1) is 5.41 Å². The van der Waals surface area contributed by atoms with Gasteiger partial charge in [0.1, 0.15) is 6.61 Å². The Bertz CT molecular complexity index is 884. The van der Waals surface area contributed by atoms with Gasteiger partial charge in [-0.15, -0.1) is 0 Å².